The molecule has 1 aliphatic heterocycles. The minimum absolute atomic E-state index is 0.176. The third-order valence-electron chi connectivity index (χ3n) is 1.93. The van der Waals surface area contributed by atoms with E-state index in [0.717, 1.165) is 19.4 Å². The topological polar surface area (TPSA) is 38.3 Å². The molecule has 0 aromatic rings. The monoisotopic (exact) mass is 245 g/mol. The highest BCUT2D eigenvalue weighted by Gasteiger charge is 2.13. The van der Waals surface area contributed by atoms with Crippen LogP contribution in [-0.2, 0) is 9.53 Å². The van der Waals surface area contributed by atoms with Crippen LogP contribution >= 0.6 is 15.9 Å². The summed E-state index contributed by atoms with van der Waals surface area (Å²) in [4.78, 5) is 13.3. The van der Waals surface area contributed by atoms with Crippen LogP contribution in [0.4, 0.5) is 0 Å². The first-order chi connectivity index (χ1) is 6.33. The van der Waals surface area contributed by atoms with Gasteiger partial charge in [-0.25, -0.2) is 0 Å². The fourth-order valence-electron chi connectivity index (χ4n) is 1.26. The highest BCUT2D eigenvalue weighted by Crippen LogP contribution is 2.11. The normalized spacial score (nSPS) is 21.5. The molecule has 0 aromatic heterocycles. The smallest absolute Gasteiger partial charge is 0.296 e. The van der Waals surface area contributed by atoms with E-state index in [1.165, 1.54) is 6.42 Å². The fraction of sp³-hybridized carbons (Fsp3) is 0.667. The zero-order valence-corrected chi connectivity index (χ0v) is 8.89. The molecule has 13 heavy (non-hydrogen) atoms. The lowest BCUT2D eigenvalue weighted by molar-refractivity contribution is -0.116. The lowest BCUT2D eigenvalue weighted by atomic mass is 10.1. The second-order valence-electron chi connectivity index (χ2n) is 2.92. The molecule has 72 valence electrons. The third kappa shape index (κ3) is 4.30. The Morgan fingerprint density at radius 2 is 2.46 bits per heavy atom. The van der Waals surface area contributed by atoms with Crippen LogP contribution in [0.15, 0.2) is 0 Å². The molecule has 0 radical (unpaired) electrons. The predicted octanol–water partition coefficient (Wildman–Crippen LogP) is 1.03. The second kappa shape index (κ2) is 6.01. The molecular formula is C9H12BrNO2. The summed E-state index contributed by atoms with van der Waals surface area (Å²) in [5.74, 6) is 2.09. The van der Waals surface area contributed by atoms with Gasteiger partial charge in [0, 0.05) is 35.0 Å². The van der Waals surface area contributed by atoms with Crippen LogP contribution in [0.1, 0.15) is 19.3 Å². The first-order valence-electron chi connectivity index (χ1n) is 4.34. The SMILES string of the molecule is O=C(C#CBr)NCC1CCCCO1. The Bertz CT molecular complexity index is 226. The Balaban J connectivity index is 2.16. The first kappa shape index (κ1) is 10.6. The van der Waals surface area contributed by atoms with E-state index in [9.17, 15) is 4.79 Å². The van der Waals surface area contributed by atoms with Crippen molar-refractivity contribution in [2.45, 2.75) is 25.4 Å². The van der Waals surface area contributed by atoms with Gasteiger partial charge in [-0.05, 0) is 24.1 Å². The largest absolute Gasteiger partial charge is 0.376 e. The van der Waals surface area contributed by atoms with Crippen LogP contribution < -0.4 is 5.32 Å². The van der Waals surface area contributed by atoms with Crippen LogP contribution in [0.25, 0.3) is 0 Å². The van der Waals surface area contributed by atoms with Crippen molar-refractivity contribution in [1.29, 1.82) is 0 Å². The molecular weight excluding hydrogens is 234 g/mol. The number of nitrogens with one attached hydrogen (secondary N) is 1. The van der Waals surface area contributed by atoms with E-state index in [4.69, 9.17) is 4.74 Å². The summed E-state index contributed by atoms with van der Waals surface area (Å²) < 4.78 is 5.43. The molecule has 1 fully saturated rings. The molecule has 0 aliphatic carbocycles. The van der Waals surface area contributed by atoms with E-state index in [2.05, 4.69) is 32.0 Å². The summed E-state index contributed by atoms with van der Waals surface area (Å²) in [6, 6.07) is 0. The number of carbonyl (C=O) groups is 1. The maximum atomic E-state index is 10.9. The van der Waals surface area contributed by atoms with E-state index >= 15 is 0 Å². The van der Waals surface area contributed by atoms with Gasteiger partial charge in [-0.2, -0.15) is 0 Å². The molecule has 1 amide bonds. The summed E-state index contributed by atoms with van der Waals surface area (Å²) in [6.07, 6.45) is 3.52. The van der Waals surface area contributed by atoms with Gasteiger partial charge in [-0.15, -0.1) is 0 Å². The van der Waals surface area contributed by atoms with E-state index in [1.54, 1.807) is 0 Å². The summed E-state index contributed by atoms with van der Waals surface area (Å²) in [5.41, 5.74) is 0. The Kier molecular flexibility index (Phi) is 4.87. The van der Waals surface area contributed by atoms with E-state index in [0.29, 0.717) is 6.54 Å². The molecule has 0 saturated carbocycles. The van der Waals surface area contributed by atoms with Crippen molar-refractivity contribution in [3.8, 4) is 10.8 Å². The van der Waals surface area contributed by atoms with Gasteiger partial charge in [0.05, 0.1) is 6.10 Å². The van der Waals surface area contributed by atoms with Crippen molar-refractivity contribution in [2.24, 2.45) is 0 Å². The summed E-state index contributed by atoms with van der Waals surface area (Å²) >= 11 is 2.86. The predicted molar refractivity (Wildman–Crippen MR) is 53.3 cm³/mol. The van der Waals surface area contributed by atoms with Gasteiger partial charge in [-0.1, -0.05) is 0 Å². The molecule has 3 nitrogen and oxygen atoms in total. The molecule has 1 aliphatic rings. The van der Waals surface area contributed by atoms with Crippen molar-refractivity contribution in [3.63, 3.8) is 0 Å². The molecule has 0 spiro atoms. The van der Waals surface area contributed by atoms with Gasteiger partial charge in [0.25, 0.3) is 5.91 Å². The van der Waals surface area contributed by atoms with Crippen LogP contribution in [0.3, 0.4) is 0 Å². The highest BCUT2D eigenvalue weighted by atomic mass is 79.9. The average Bonchev–Trinajstić information content (AvgIpc) is 2.17. The van der Waals surface area contributed by atoms with Gasteiger partial charge < -0.3 is 10.1 Å². The fourth-order valence-corrected chi connectivity index (χ4v) is 1.44. The van der Waals surface area contributed by atoms with Gasteiger partial charge in [0.1, 0.15) is 0 Å². The number of carbonyl (C=O) groups excluding carboxylic acids is 1. The number of amides is 1. The first-order valence-corrected chi connectivity index (χ1v) is 5.13. The van der Waals surface area contributed by atoms with Crippen molar-refractivity contribution < 1.29 is 9.53 Å². The Morgan fingerprint density at radius 3 is 3.08 bits per heavy atom. The van der Waals surface area contributed by atoms with Crippen molar-refractivity contribution in [2.75, 3.05) is 13.2 Å². The summed E-state index contributed by atoms with van der Waals surface area (Å²) in [7, 11) is 0. The molecule has 1 N–H and O–H groups in total. The maximum absolute atomic E-state index is 10.9. The van der Waals surface area contributed by atoms with Crippen LogP contribution in [-0.4, -0.2) is 25.2 Å². The molecule has 1 heterocycles. The van der Waals surface area contributed by atoms with Crippen LogP contribution in [0.5, 0.6) is 0 Å². The number of hydrogen-bond donors (Lipinski definition) is 1. The lowest BCUT2D eigenvalue weighted by Crippen LogP contribution is -2.34. The van der Waals surface area contributed by atoms with Gasteiger partial charge in [0.2, 0.25) is 0 Å². The van der Waals surface area contributed by atoms with Crippen LogP contribution in [0, 0.1) is 10.8 Å². The number of rotatable bonds is 2. The van der Waals surface area contributed by atoms with Gasteiger partial charge in [0.15, 0.2) is 0 Å². The minimum atomic E-state index is -0.258. The molecule has 4 heteroatoms. The molecule has 0 bridgehead atoms. The second-order valence-corrected chi connectivity index (χ2v) is 3.31. The Labute approximate surface area is 86.3 Å². The zero-order valence-electron chi connectivity index (χ0n) is 7.31. The Hall–Kier alpha value is -0.530. The molecule has 1 saturated heterocycles. The van der Waals surface area contributed by atoms with Gasteiger partial charge >= 0.3 is 0 Å². The van der Waals surface area contributed by atoms with Crippen molar-refractivity contribution in [3.05, 3.63) is 0 Å². The van der Waals surface area contributed by atoms with Crippen molar-refractivity contribution >= 4 is 21.8 Å². The quantitative estimate of drug-likeness (QED) is 0.739. The lowest BCUT2D eigenvalue weighted by Gasteiger charge is -2.22. The molecule has 0 aromatic carbocycles. The van der Waals surface area contributed by atoms with E-state index in [1.807, 2.05) is 0 Å². The minimum Gasteiger partial charge on any atom is -0.376 e. The molecule has 1 atom stereocenters. The number of hydrogen-bond acceptors (Lipinski definition) is 2. The zero-order chi connectivity index (χ0) is 9.52. The van der Waals surface area contributed by atoms with Crippen molar-refractivity contribution in [1.82, 2.24) is 5.32 Å². The third-order valence-corrected chi connectivity index (χ3v) is 2.12. The number of ether oxygens (including phenoxy) is 1. The Morgan fingerprint density at radius 1 is 1.62 bits per heavy atom. The van der Waals surface area contributed by atoms with E-state index in [-0.39, 0.29) is 12.0 Å². The summed E-state index contributed by atoms with van der Waals surface area (Å²) in [5, 5.41) is 2.69. The average molecular weight is 246 g/mol. The number of halogens is 1. The van der Waals surface area contributed by atoms with E-state index < -0.39 is 0 Å². The van der Waals surface area contributed by atoms with Gasteiger partial charge in [-0.3, -0.25) is 4.79 Å². The standard InChI is InChI=1S/C9H12BrNO2/c10-5-4-9(12)11-7-8-3-1-2-6-13-8/h8H,1-3,6-7H2,(H,11,12). The van der Waals surface area contributed by atoms with Crippen LogP contribution in [0.2, 0.25) is 0 Å². The summed E-state index contributed by atoms with van der Waals surface area (Å²) in [6.45, 7) is 1.38. The molecule has 1 rings (SSSR count). The maximum Gasteiger partial charge on any atom is 0.296 e. The molecule has 1 unspecified atom stereocenters. The highest BCUT2D eigenvalue weighted by molar-refractivity contribution is 9.12.